The summed E-state index contributed by atoms with van der Waals surface area (Å²) in [7, 11) is -4.11. The minimum absolute atomic E-state index is 0.0272. The number of halogens is 2. The average Bonchev–Trinajstić information content (AvgIpc) is 2.94. The Kier molecular flexibility index (Phi) is 4.25. The summed E-state index contributed by atoms with van der Waals surface area (Å²) in [6.07, 6.45) is 3.04. The van der Waals surface area contributed by atoms with Gasteiger partial charge in [-0.15, -0.1) is 5.10 Å². The van der Waals surface area contributed by atoms with Gasteiger partial charge in [0.05, 0.1) is 5.02 Å². The molecule has 3 rings (SSSR count). The molecule has 0 radical (unpaired) electrons. The Hall–Kier alpha value is -2.45. The number of benzene rings is 1. The summed E-state index contributed by atoms with van der Waals surface area (Å²) in [5.41, 5.74) is 0.301. The normalized spacial score (nSPS) is 11.5. The maximum Gasteiger partial charge on any atom is 0.266 e. The number of pyridine rings is 1. The van der Waals surface area contributed by atoms with Crippen molar-refractivity contribution in [2.24, 2.45) is 0 Å². The van der Waals surface area contributed by atoms with E-state index in [0.717, 1.165) is 6.07 Å². The lowest BCUT2D eigenvalue weighted by Crippen LogP contribution is -2.16. The molecule has 24 heavy (non-hydrogen) atoms. The van der Waals surface area contributed by atoms with Crippen LogP contribution in [0.1, 0.15) is 5.56 Å². The lowest BCUT2D eigenvalue weighted by molar-refractivity contribution is 0.568. The first-order valence-corrected chi connectivity index (χ1v) is 8.69. The van der Waals surface area contributed by atoms with Gasteiger partial charge in [-0.3, -0.25) is 4.72 Å². The molecular formula is C15H12ClFN4O2S. The first-order chi connectivity index (χ1) is 11.4. The largest absolute Gasteiger partial charge is 0.266 e. The number of hydrogen-bond acceptors (Lipinski definition) is 4. The van der Waals surface area contributed by atoms with E-state index in [0.29, 0.717) is 16.4 Å². The van der Waals surface area contributed by atoms with Crippen molar-refractivity contribution in [2.45, 2.75) is 11.8 Å². The number of aromatic nitrogens is 3. The van der Waals surface area contributed by atoms with Crippen molar-refractivity contribution in [3.05, 3.63) is 65.2 Å². The molecule has 0 unspecified atom stereocenters. The highest BCUT2D eigenvalue weighted by molar-refractivity contribution is 7.92. The highest BCUT2D eigenvalue weighted by Gasteiger charge is 2.22. The Labute approximate surface area is 143 Å². The lowest BCUT2D eigenvalue weighted by atomic mass is 10.2. The first kappa shape index (κ1) is 16.4. The number of rotatable bonds is 4. The van der Waals surface area contributed by atoms with E-state index >= 15 is 0 Å². The molecule has 1 N–H and O–H groups in total. The van der Waals surface area contributed by atoms with E-state index in [1.54, 1.807) is 12.1 Å². The topological polar surface area (TPSA) is 76.9 Å². The van der Waals surface area contributed by atoms with E-state index < -0.39 is 20.7 Å². The molecule has 0 saturated carbocycles. The molecule has 0 aliphatic heterocycles. The minimum Gasteiger partial charge on any atom is -0.262 e. The molecular weight excluding hydrogens is 355 g/mol. The number of sulfonamides is 1. The lowest BCUT2D eigenvalue weighted by Gasteiger charge is -2.09. The highest BCUT2D eigenvalue weighted by Crippen LogP contribution is 2.22. The minimum atomic E-state index is -4.11. The van der Waals surface area contributed by atoms with Crippen molar-refractivity contribution >= 4 is 27.4 Å². The Morgan fingerprint density at radius 1 is 1.21 bits per heavy atom. The smallest absolute Gasteiger partial charge is 0.262 e. The van der Waals surface area contributed by atoms with E-state index in [4.69, 9.17) is 11.6 Å². The Bertz CT molecular complexity index is 984. The van der Waals surface area contributed by atoms with Gasteiger partial charge in [-0.1, -0.05) is 23.7 Å². The van der Waals surface area contributed by atoms with Crippen molar-refractivity contribution in [1.29, 1.82) is 0 Å². The van der Waals surface area contributed by atoms with Crippen LogP contribution in [0.15, 0.2) is 53.7 Å². The second kappa shape index (κ2) is 6.21. The van der Waals surface area contributed by atoms with Gasteiger partial charge in [0.15, 0.2) is 11.6 Å². The van der Waals surface area contributed by atoms with Gasteiger partial charge in [0.25, 0.3) is 10.0 Å². The third-order valence-electron chi connectivity index (χ3n) is 3.22. The fraction of sp³-hybridized carbons (Fsp3) is 0.0667. The SMILES string of the molecule is Cc1cccc(F)c1S(=O)(=O)Nc1ccn(-c2ncccc2Cl)n1. The Morgan fingerprint density at radius 2 is 2.00 bits per heavy atom. The van der Waals surface area contributed by atoms with Crippen molar-refractivity contribution in [1.82, 2.24) is 14.8 Å². The summed E-state index contributed by atoms with van der Waals surface area (Å²) in [6.45, 7) is 1.52. The molecule has 0 amide bonds. The number of nitrogens with one attached hydrogen (secondary N) is 1. The van der Waals surface area contributed by atoms with E-state index in [1.807, 2.05) is 0 Å². The predicted molar refractivity (Wildman–Crippen MR) is 88.3 cm³/mol. The second-order valence-electron chi connectivity index (χ2n) is 4.95. The van der Waals surface area contributed by atoms with Gasteiger partial charge in [0, 0.05) is 18.5 Å². The van der Waals surface area contributed by atoms with Gasteiger partial charge >= 0.3 is 0 Å². The molecule has 0 aliphatic carbocycles. The van der Waals surface area contributed by atoms with Crippen molar-refractivity contribution in [2.75, 3.05) is 4.72 Å². The predicted octanol–water partition coefficient (Wildman–Crippen LogP) is 3.17. The number of hydrogen-bond donors (Lipinski definition) is 1. The van der Waals surface area contributed by atoms with E-state index in [1.165, 1.54) is 42.2 Å². The molecule has 0 bridgehead atoms. The Morgan fingerprint density at radius 3 is 2.71 bits per heavy atom. The fourth-order valence-corrected chi connectivity index (χ4v) is 3.70. The van der Waals surface area contributed by atoms with Crippen LogP contribution in [-0.4, -0.2) is 23.2 Å². The molecule has 0 saturated heterocycles. The Balaban J connectivity index is 1.94. The third kappa shape index (κ3) is 3.10. The van der Waals surface area contributed by atoms with E-state index in [2.05, 4.69) is 14.8 Å². The number of aryl methyl sites for hydroxylation is 1. The summed E-state index contributed by atoms with van der Waals surface area (Å²) >= 11 is 6.03. The average molecular weight is 367 g/mol. The van der Waals surface area contributed by atoms with Crippen LogP contribution in [-0.2, 0) is 10.0 Å². The molecule has 2 aromatic heterocycles. The molecule has 3 aromatic rings. The molecule has 9 heteroatoms. The third-order valence-corrected chi connectivity index (χ3v) is 5.04. The number of anilines is 1. The van der Waals surface area contributed by atoms with Crippen molar-refractivity contribution in [3.63, 3.8) is 0 Å². The molecule has 0 fully saturated rings. The summed E-state index contributed by atoms with van der Waals surface area (Å²) in [4.78, 5) is 3.67. The van der Waals surface area contributed by atoms with Crippen LogP contribution in [0.3, 0.4) is 0 Å². The summed E-state index contributed by atoms with van der Waals surface area (Å²) in [6, 6.07) is 8.79. The van der Waals surface area contributed by atoms with Gasteiger partial charge in [0.1, 0.15) is 10.7 Å². The first-order valence-electron chi connectivity index (χ1n) is 6.83. The number of nitrogens with zero attached hydrogens (tertiary/aromatic N) is 3. The molecule has 6 nitrogen and oxygen atoms in total. The quantitative estimate of drug-likeness (QED) is 0.769. The zero-order valence-corrected chi connectivity index (χ0v) is 14.0. The van der Waals surface area contributed by atoms with Crippen molar-refractivity contribution in [3.8, 4) is 5.82 Å². The maximum absolute atomic E-state index is 13.9. The summed E-state index contributed by atoms with van der Waals surface area (Å²) in [5, 5.41) is 4.43. The van der Waals surface area contributed by atoms with Gasteiger partial charge < -0.3 is 0 Å². The monoisotopic (exact) mass is 366 g/mol. The van der Waals surface area contributed by atoms with Crippen LogP contribution in [0, 0.1) is 12.7 Å². The fourth-order valence-electron chi connectivity index (χ4n) is 2.19. The maximum atomic E-state index is 13.9. The second-order valence-corrected chi connectivity index (χ2v) is 6.97. The molecule has 0 aliphatic rings. The standard InChI is InChI=1S/C15H12ClFN4O2S/c1-10-4-2-6-12(17)14(10)24(22,23)20-13-7-9-21(19-13)15-11(16)5-3-8-18-15/h2-9H,1H3,(H,19,20). The summed E-state index contributed by atoms with van der Waals surface area (Å²) in [5.74, 6) is -0.444. The molecule has 1 aromatic carbocycles. The van der Waals surface area contributed by atoms with Gasteiger partial charge in [-0.05, 0) is 30.7 Å². The van der Waals surface area contributed by atoms with E-state index in [-0.39, 0.29) is 5.82 Å². The van der Waals surface area contributed by atoms with Crippen LogP contribution >= 0.6 is 11.6 Å². The van der Waals surface area contributed by atoms with Gasteiger partial charge in [-0.2, -0.15) is 0 Å². The van der Waals surface area contributed by atoms with Crippen LogP contribution in [0.4, 0.5) is 10.2 Å². The van der Waals surface area contributed by atoms with Crippen LogP contribution < -0.4 is 4.72 Å². The van der Waals surface area contributed by atoms with Gasteiger partial charge in [-0.25, -0.2) is 22.5 Å². The summed E-state index contributed by atoms with van der Waals surface area (Å²) < 4.78 is 42.3. The molecule has 0 atom stereocenters. The van der Waals surface area contributed by atoms with E-state index in [9.17, 15) is 12.8 Å². The molecule has 2 heterocycles. The van der Waals surface area contributed by atoms with Crippen LogP contribution in [0.5, 0.6) is 0 Å². The molecule has 0 spiro atoms. The zero-order chi connectivity index (χ0) is 17.3. The van der Waals surface area contributed by atoms with Crippen LogP contribution in [0.2, 0.25) is 5.02 Å². The van der Waals surface area contributed by atoms with Crippen molar-refractivity contribution < 1.29 is 12.8 Å². The zero-order valence-electron chi connectivity index (χ0n) is 12.4. The highest BCUT2D eigenvalue weighted by atomic mass is 35.5. The van der Waals surface area contributed by atoms with Crippen LogP contribution in [0.25, 0.3) is 5.82 Å². The van der Waals surface area contributed by atoms with Gasteiger partial charge in [0.2, 0.25) is 0 Å². The molecule has 124 valence electrons.